The van der Waals surface area contributed by atoms with Crippen LogP contribution in [0.4, 0.5) is 0 Å². The summed E-state index contributed by atoms with van der Waals surface area (Å²) in [6.07, 6.45) is -0.776. The minimum absolute atomic E-state index is 0.131. The van der Waals surface area contributed by atoms with E-state index in [0.717, 1.165) is 5.56 Å². The highest BCUT2D eigenvalue weighted by Gasteiger charge is 2.22. The minimum Gasteiger partial charge on any atom is -0.508 e. The molecule has 0 saturated heterocycles. The molecule has 0 aromatic heterocycles. The predicted octanol–water partition coefficient (Wildman–Crippen LogP) is 0.152. The van der Waals surface area contributed by atoms with E-state index in [2.05, 4.69) is 0 Å². The number of aliphatic carboxylic acids is 2. The van der Waals surface area contributed by atoms with Crippen molar-refractivity contribution in [2.45, 2.75) is 44.9 Å². The van der Waals surface area contributed by atoms with Crippen LogP contribution in [0.25, 0.3) is 0 Å². The zero-order chi connectivity index (χ0) is 18.9. The quantitative estimate of drug-likeness (QED) is 0.407. The highest BCUT2D eigenvalue weighted by atomic mass is 16.4. The van der Waals surface area contributed by atoms with Gasteiger partial charge in [-0.1, -0.05) is 26.0 Å². The van der Waals surface area contributed by atoms with Gasteiger partial charge in [0.25, 0.3) is 0 Å². The van der Waals surface area contributed by atoms with Crippen LogP contribution < -0.4 is 11.5 Å². The van der Waals surface area contributed by atoms with Gasteiger partial charge in [0.2, 0.25) is 0 Å². The summed E-state index contributed by atoms with van der Waals surface area (Å²) in [6.45, 7) is 3.89. The number of carbonyl (C=O) groups is 2. The molecule has 1 aromatic rings. The van der Waals surface area contributed by atoms with Crippen LogP contribution in [0.5, 0.6) is 5.75 Å². The van der Waals surface area contributed by atoms with Crippen LogP contribution in [-0.2, 0) is 16.0 Å². The molecule has 0 aliphatic rings. The van der Waals surface area contributed by atoms with E-state index in [1.54, 1.807) is 12.1 Å². The molecule has 1 aromatic carbocycles. The molecular weight excluding hydrogens is 316 g/mol. The van der Waals surface area contributed by atoms with E-state index in [1.165, 1.54) is 12.1 Å². The second-order valence-corrected chi connectivity index (χ2v) is 5.89. The SMILES string of the molecule is CC(C)C[C@H](N)C(=O)O.NC(Cc1ccc(O)cc1)C(O)C(=O)O. The number of aliphatic hydroxyl groups is 1. The molecule has 0 aliphatic carbocycles. The van der Waals surface area contributed by atoms with Crippen LogP contribution in [0.15, 0.2) is 24.3 Å². The van der Waals surface area contributed by atoms with Gasteiger partial charge in [-0.05, 0) is 36.5 Å². The third kappa shape index (κ3) is 9.09. The van der Waals surface area contributed by atoms with E-state index in [0.29, 0.717) is 12.3 Å². The number of benzene rings is 1. The molecule has 0 bridgehead atoms. The molecule has 0 aliphatic heterocycles. The Hall–Kier alpha value is -2.16. The Morgan fingerprint density at radius 1 is 1.04 bits per heavy atom. The van der Waals surface area contributed by atoms with E-state index in [4.69, 9.17) is 31.9 Å². The smallest absolute Gasteiger partial charge is 0.334 e. The molecule has 0 fully saturated rings. The lowest BCUT2D eigenvalue weighted by molar-refractivity contribution is -0.147. The largest absolute Gasteiger partial charge is 0.508 e. The molecule has 24 heavy (non-hydrogen) atoms. The molecule has 1 rings (SSSR count). The summed E-state index contributed by atoms with van der Waals surface area (Å²) < 4.78 is 0. The standard InChI is InChI=1S/C10H13NO4.C6H13NO2/c11-8(9(13)10(14)15)5-6-1-3-7(12)4-2-6;1-4(2)3-5(7)6(8)9/h1-4,8-9,12-13H,5,11H2,(H,14,15);4-5H,3,7H2,1-2H3,(H,8,9)/t;5-/m.0/s1. The van der Waals surface area contributed by atoms with Crippen LogP contribution in [0.3, 0.4) is 0 Å². The first kappa shape index (κ1) is 21.8. The maximum absolute atomic E-state index is 10.4. The molecule has 8 nitrogen and oxygen atoms in total. The summed E-state index contributed by atoms with van der Waals surface area (Å²) in [6, 6.07) is 4.68. The lowest BCUT2D eigenvalue weighted by Crippen LogP contribution is -2.41. The highest BCUT2D eigenvalue weighted by molar-refractivity contribution is 5.73. The molecule has 0 radical (unpaired) electrons. The van der Waals surface area contributed by atoms with Crippen LogP contribution in [0.2, 0.25) is 0 Å². The Labute approximate surface area is 140 Å². The maximum atomic E-state index is 10.4. The van der Waals surface area contributed by atoms with E-state index >= 15 is 0 Å². The van der Waals surface area contributed by atoms with Crippen molar-refractivity contribution < 1.29 is 30.0 Å². The van der Waals surface area contributed by atoms with Crippen LogP contribution in [0, 0.1) is 5.92 Å². The second-order valence-electron chi connectivity index (χ2n) is 5.89. The summed E-state index contributed by atoms with van der Waals surface area (Å²) >= 11 is 0. The zero-order valence-corrected chi connectivity index (χ0v) is 13.8. The normalized spacial score (nSPS) is 14.2. The van der Waals surface area contributed by atoms with E-state index < -0.39 is 30.1 Å². The number of phenols is 1. The van der Waals surface area contributed by atoms with Gasteiger partial charge in [0.15, 0.2) is 6.10 Å². The monoisotopic (exact) mass is 342 g/mol. The summed E-state index contributed by atoms with van der Waals surface area (Å²) in [5.41, 5.74) is 11.5. The van der Waals surface area contributed by atoms with Crippen molar-refractivity contribution in [2.24, 2.45) is 17.4 Å². The fourth-order valence-electron chi connectivity index (χ4n) is 1.81. The van der Waals surface area contributed by atoms with Gasteiger partial charge in [0.1, 0.15) is 11.8 Å². The van der Waals surface area contributed by atoms with Gasteiger partial charge in [0, 0.05) is 6.04 Å². The number of phenolic OH excluding ortho intramolecular Hbond substituents is 1. The van der Waals surface area contributed by atoms with Gasteiger partial charge in [0.05, 0.1) is 0 Å². The first-order chi connectivity index (χ1) is 11.0. The number of nitrogens with two attached hydrogens (primary N) is 2. The van der Waals surface area contributed by atoms with Gasteiger partial charge in [-0.2, -0.15) is 0 Å². The molecule has 3 atom stereocenters. The van der Waals surface area contributed by atoms with Gasteiger partial charge >= 0.3 is 11.9 Å². The Morgan fingerprint density at radius 2 is 1.54 bits per heavy atom. The van der Waals surface area contributed by atoms with E-state index in [9.17, 15) is 9.59 Å². The van der Waals surface area contributed by atoms with Gasteiger partial charge < -0.3 is 31.9 Å². The first-order valence-electron chi connectivity index (χ1n) is 7.47. The number of aromatic hydroxyl groups is 1. The molecule has 0 spiro atoms. The van der Waals surface area contributed by atoms with Crippen LogP contribution >= 0.6 is 0 Å². The van der Waals surface area contributed by atoms with Crippen molar-refractivity contribution in [2.75, 3.05) is 0 Å². The molecule has 0 saturated carbocycles. The number of carboxylic acid groups (broad SMARTS) is 2. The maximum Gasteiger partial charge on any atom is 0.334 e. The van der Waals surface area contributed by atoms with Crippen LogP contribution in [-0.4, -0.2) is 50.6 Å². The summed E-state index contributed by atoms with van der Waals surface area (Å²) in [5.74, 6) is -1.76. The molecule has 8 N–H and O–H groups in total. The predicted molar refractivity (Wildman–Crippen MR) is 88.5 cm³/mol. The number of hydrogen-bond donors (Lipinski definition) is 6. The van der Waals surface area contributed by atoms with Crippen molar-refractivity contribution in [1.29, 1.82) is 0 Å². The average molecular weight is 342 g/mol. The fourth-order valence-corrected chi connectivity index (χ4v) is 1.81. The molecule has 2 unspecified atom stereocenters. The van der Waals surface area contributed by atoms with Gasteiger partial charge in [-0.15, -0.1) is 0 Å². The van der Waals surface area contributed by atoms with E-state index in [-0.39, 0.29) is 12.2 Å². The van der Waals surface area contributed by atoms with Crippen LogP contribution in [0.1, 0.15) is 25.8 Å². The number of rotatable bonds is 7. The Balaban J connectivity index is 0.000000506. The molecule has 136 valence electrons. The molecule has 0 heterocycles. The third-order valence-corrected chi connectivity index (χ3v) is 3.11. The Morgan fingerprint density at radius 3 is 1.88 bits per heavy atom. The average Bonchev–Trinajstić information content (AvgIpc) is 2.48. The lowest BCUT2D eigenvalue weighted by atomic mass is 10.0. The minimum atomic E-state index is -1.57. The van der Waals surface area contributed by atoms with Gasteiger partial charge in [-0.25, -0.2) is 4.79 Å². The second kappa shape index (κ2) is 10.6. The zero-order valence-electron chi connectivity index (χ0n) is 13.8. The molecule has 8 heteroatoms. The van der Waals surface area contributed by atoms with Crippen molar-refractivity contribution >= 4 is 11.9 Å². The first-order valence-corrected chi connectivity index (χ1v) is 7.47. The third-order valence-electron chi connectivity index (χ3n) is 3.11. The lowest BCUT2D eigenvalue weighted by Gasteiger charge is -2.14. The number of aliphatic hydroxyl groups excluding tert-OH is 1. The van der Waals surface area contributed by atoms with Crippen molar-refractivity contribution in [1.82, 2.24) is 0 Å². The summed E-state index contributed by atoms with van der Waals surface area (Å²) in [4.78, 5) is 20.5. The summed E-state index contributed by atoms with van der Waals surface area (Å²) in [5, 5.41) is 35.0. The Kier molecular flexibility index (Phi) is 9.63. The van der Waals surface area contributed by atoms with Crippen molar-refractivity contribution in [3.8, 4) is 5.75 Å². The topological polar surface area (TPSA) is 167 Å². The number of hydrogen-bond acceptors (Lipinski definition) is 6. The summed E-state index contributed by atoms with van der Waals surface area (Å²) in [7, 11) is 0. The molecule has 0 amide bonds. The highest BCUT2D eigenvalue weighted by Crippen LogP contribution is 2.11. The van der Waals surface area contributed by atoms with E-state index in [1.807, 2.05) is 13.8 Å². The van der Waals surface area contributed by atoms with Gasteiger partial charge in [-0.3, -0.25) is 4.79 Å². The Bertz CT molecular complexity index is 518. The van der Waals surface area contributed by atoms with Crippen molar-refractivity contribution in [3.05, 3.63) is 29.8 Å². The molecular formula is C16H26N2O6. The van der Waals surface area contributed by atoms with Crippen molar-refractivity contribution in [3.63, 3.8) is 0 Å². The number of carboxylic acids is 2. The fraction of sp³-hybridized carbons (Fsp3) is 0.500.